The highest BCUT2D eigenvalue weighted by Gasteiger charge is 2.26. The highest BCUT2D eigenvalue weighted by Crippen LogP contribution is 2.36. The molecule has 3 N–H and O–H groups in total. The number of pyridine rings is 3. The van der Waals surface area contributed by atoms with E-state index in [4.69, 9.17) is 14.7 Å². The van der Waals surface area contributed by atoms with E-state index in [0.717, 1.165) is 39.3 Å². The SMILES string of the molecule is C/C=C\C=C(/N)CN(Cc1ccccn1)Cc1cc(-c2ccc(NC(=O)OCc3ccccc3)cc2)cc(CN(Cc2ccccn2)Cc2ccccn2)c1OS(=O)(=O)c1ccc(C)cc1. The van der Waals surface area contributed by atoms with Gasteiger partial charge in [0.25, 0.3) is 0 Å². The van der Waals surface area contributed by atoms with Crippen molar-refractivity contribution in [1.29, 1.82) is 0 Å². The summed E-state index contributed by atoms with van der Waals surface area (Å²) in [6.07, 6.45) is 10.3. The largest absolute Gasteiger partial charge is 0.444 e. The van der Waals surface area contributed by atoms with E-state index in [1.165, 1.54) is 0 Å². The summed E-state index contributed by atoms with van der Waals surface area (Å²) >= 11 is 0. The summed E-state index contributed by atoms with van der Waals surface area (Å²) < 4.78 is 40.7. The Morgan fingerprint density at radius 2 is 1.21 bits per heavy atom. The van der Waals surface area contributed by atoms with Crippen molar-refractivity contribution in [1.82, 2.24) is 24.8 Å². The monoisotopic (exact) mass is 899 g/mol. The lowest BCUT2D eigenvalue weighted by Crippen LogP contribution is -2.29. The first-order valence-corrected chi connectivity index (χ1v) is 23.0. The van der Waals surface area contributed by atoms with Crippen molar-refractivity contribution in [2.24, 2.45) is 5.73 Å². The number of hydrogen-bond donors (Lipinski definition) is 2. The maximum atomic E-state index is 14.4. The third-order valence-corrected chi connectivity index (χ3v) is 11.7. The predicted molar refractivity (Wildman–Crippen MR) is 258 cm³/mol. The molecule has 0 aliphatic carbocycles. The molecule has 0 unspecified atom stereocenters. The number of amides is 1. The Labute approximate surface area is 387 Å². The summed E-state index contributed by atoms with van der Waals surface area (Å²) in [5, 5.41) is 2.82. The molecule has 336 valence electrons. The number of anilines is 1. The van der Waals surface area contributed by atoms with E-state index in [9.17, 15) is 13.2 Å². The Balaban J connectivity index is 1.34. The van der Waals surface area contributed by atoms with Gasteiger partial charge in [0.2, 0.25) is 0 Å². The molecule has 0 saturated heterocycles. The Hall–Kier alpha value is -7.45. The molecular weight excluding hydrogens is 847 g/mol. The molecule has 0 spiro atoms. The summed E-state index contributed by atoms with van der Waals surface area (Å²) in [6.45, 7) is 6.05. The second kappa shape index (κ2) is 22.9. The summed E-state index contributed by atoms with van der Waals surface area (Å²) in [7, 11) is -4.35. The van der Waals surface area contributed by atoms with Crippen LogP contribution in [0.5, 0.6) is 5.75 Å². The number of aromatic nitrogens is 3. The van der Waals surface area contributed by atoms with Crippen molar-refractivity contribution in [3.05, 3.63) is 227 Å². The number of nitrogens with one attached hydrogen (secondary N) is 1. The van der Waals surface area contributed by atoms with Crippen molar-refractivity contribution in [2.45, 2.75) is 58.1 Å². The summed E-state index contributed by atoms with van der Waals surface area (Å²) in [4.78, 5) is 31.0. The lowest BCUT2D eigenvalue weighted by Gasteiger charge is -2.27. The third-order valence-electron chi connectivity index (χ3n) is 10.5. The molecule has 0 atom stereocenters. The molecule has 66 heavy (non-hydrogen) atoms. The number of carbonyl (C=O) groups excluding carboxylic acids is 1. The van der Waals surface area contributed by atoms with Crippen molar-refractivity contribution in [2.75, 3.05) is 11.9 Å². The number of aryl methyl sites for hydroxylation is 1. The minimum atomic E-state index is -4.35. The number of rotatable bonds is 20. The standard InChI is InChI=1S/C53H53N7O5S/c1-3-4-16-46(54)35-59(36-48-17-8-11-28-55-48)33-44-31-43(42-22-24-47(25-23-42)58-53(61)64-39-41-14-6-5-7-15-41)32-45(52(44)65-66(62,63)51-26-20-40(2)21-27-51)34-60(37-49-18-9-12-29-56-49)38-50-19-10-13-30-57-50/h3-32H,33-39,54H2,1-2H3,(H,58,61)/b4-3-,46-16-. The first-order valence-electron chi connectivity index (χ1n) is 21.6. The van der Waals surface area contributed by atoms with Crippen molar-refractivity contribution in [3.8, 4) is 16.9 Å². The van der Waals surface area contributed by atoms with E-state index in [0.29, 0.717) is 48.7 Å². The van der Waals surface area contributed by atoms with Gasteiger partial charge in [-0.3, -0.25) is 30.1 Å². The Morgan fingerprint density at radius 3 is 1.76 bits per heavy atom. The van der Waals surface area contributed by atoms with Crippen LogP contribution in [0.2, 0.25) is 0 Å². The van der Waals surface area contributed by atoms with Gasteiger partial charge in [-0.15, -0.1) is 0 Å². The third kappa shape index (κ3) is 13.8. The van der Waals surface area contributed by atoms with Gasteiger partial charge < -0.3 is 14.7 Å². The molecule has 0 aliphatic rings. The molecule has 0 radical (unpaired) electrons. The second-order valence-corrected chi connectivity index (χ2v) is 17.3. The molecule has 0 fully saturated rings. The van der Waals surface area contributed by atoms with Gasteiger partial charge in [0.1, 0.15) is 11.5 Å². The molecule has 12 nitrogen and oxygen atoms in total. The minimum absolute atomic E-state index is 0.0298. The molecule has 0 bridgehead atoms. The maximum absolute atomic E-state index is 14.4. The molecule has 4 aromatic carbocycles. The summed E-state index contributed by atoms with van der Waals surface area (Å²) in [5.41, 5.74) is 14.9. The van der Waals surface area contributed by atoms with Crippen LogP contribution in [0.3, 0.4) is 0 Å². The van der Waals surface area contributed by atoms with Gasteiger partial charge in [0.05, 0.1) is 17.1 Å². The van der Waals surface area contributed by atoms with Crippen LogP contribution in [0, 0.1) is 6.92 Å². The van der Waals surface area contributed by atoms with Crippen LogP contribution in [-0.4, -0.2) is 45.8 Å². The normalized spacial score (nSPS) is 11.8. The first kappa shape index (κ1) is 46.5. The zero-order valence-corrected chi connectivity index (χ0v) is 37.8. The Kier molecular flexibility index (Phi) is 16.2. The van der Waals surface area contributed by atoms with Gasteiger partial charge in [-0.25, -0.2) is 4.79 Å². The van der Waals surface area contributed by atoms with Crippen LogP contribution in [0.1, 0.15) is 46.3 Å². The molecule has 3 aromatic heterocycles. The zero-order valence-electron chi connectivity index (χ0n) is 37.0. The molecule has 7 rings (SSSR count). The molecule has 13 heteroatoms. The Bertz CT molecular complexity index is 2770. The fourth-order valence-corrected chi connectivity index (χ4v) is 8.26. The van der Waals surface area contributed by atoms with Crippen molar-refractivity contribution < 1.29 is 22.1 Å². The van der Waals surface area contributed by atoms with E-state index in [1.807, 2.05) is 141 Å². The number of hydrogen-bond acceptors (Lipinski definition) is 11. The fourth-order valence-electron chi connectivity index (χ4n) is 7.26. The first-order chi connectivity index (χ1) is 32.1. The van der Waals surface area contributed by atoms with E-state index in [2.05, 4.69) is 30.1 Å². The molecule has 7 aromatic rings. The molecule has 1 amide bonds. The highest BCUT2D eigenvalue weighted by molar-refractivity contribution is 7.87. The van der Waals surface area contributed by atoms with Crippen LogP contribution in [0.25, 0.3) is 11.1 Å². The zero-order chi connectivity index (χ0) is 46.1. The fraction of sp³-hybridized carbons (Fsp3) is 0.170. The van der Waals surface area contributed by atoms with Gasteiger partial charge in [0.15, 0.2) is 5.75 Å². The Morgan fingerprint density at radius 1 is 0.667 bits per heavy atom. The van der Waals surface area contributed by atoms with Crippen LogP contribution < -0.4 is 15.2 Å². The predicted octanol–water partition coefficient (Wildman–Crippen LogP) is 9.99. The molecular formula is C53H53N7O5S. The number of nitrogens with zero attached hydrogens (tertiary/aromatic N) is 5. The molecule has 0 saturated carbocycles. The average molecular weight is 900 g/mol. The van der Waals surface area contributed by atoms with Gasteiger partial charge in [-0.1, -0.05) is 90.5 Å². The highest BCUT2D eigenvalue weighted by atomic mass is 32.2. The smallest absolute Gasteiger partial charge is 0.411 e. The van der Waals surface area contributed by atoms with Crippen LogP contribution >= 0.6 is 0 Å². The number of nitrogens with two attached hydrogens (primary N) is 1. The minimum Gasteiger partial charge on any atom is -0.444 e. The summed E-state index contributed by atoms with van der Waals surface area (Å²) in [5.74, 6) is 0.202. The average Bonchev–Trinajstić information content (AvgIpc) is 3.32. The number of benzene rings is 4. The van der Waals surface area contributed by atoms with Crippen LogP contribution in [0.4, 0.5) is 10.5 Å². The maximum Gasteiger partial charge on any atom is 0.411 e. The van der Waals surface area contributed by atoms with Crippen molar-refractivity contribution in [3.63, 3.8) is 0 Å². The van der Waals surface area contributed by atoms with Crippen LogP contribution in [0.15, 0.2) is 193 Å². The van der Waals surface area contributed by atoms with Gasteiger partial charge in [-0.05, 0) is 109 Å². The van der Waals surface area contributed by atoms with Gasteiger partial charge in [0, 0.05) is 80.4 Å². The summed E-state index contributed by atoms with van der Waals surface area (Å²) in [6, 6.07) is 44.7. The number of carbonyl (C=O) groups is 1. The number of allylic oxidation sites excluding steroid dienone is 3. The van der Waals surface area contributed by atoms with Gasteiger partial charge in [-0.2, -0.15) is 8.42 Å². The van der Waals surface area contributed by atoms with E-state index >= 15 is 0 Å². The lowest BCUT2D eigenvalue weighted by atomic mass is 9.97. The van der Waals surface area contributed by atoms with E-state index in [-0.39, 0.29) is 30.3 Å². The molecule has 3 heterocycles. The van der Waals surface area contributed by atoms with E-state index in [1.54, 1.807) is 55.0 Å². The van der Waals surface area contributed by atoms with Crippen LogP contribution in [-0.2, 0) is 54.2 Å². The molecule has 0 aliphatic heterocycles. The second-order valence-electron chi connectivity index (χ2n) is 15.8. The lowest BCUT2D eigenvalue weighted by molar-refractivity contribution is 0.155. The van der Waals surface area contributed by atoms with E-state index < -0.39 is 16.2 Å². The quantitative estimate of drug-likeness (QED) is 0.0555. The number of ether oxygens (including phenoxy) is 1. The van der Waals surface area contributed by atoms with Gasteiger partial charge >= 0.3 is 16.2 Å². The topological polar surface area (TPSA) is 153 Å². The van der Waals surface area contributed by atoms with Crippen molar-refractivity contribution >= 4 is 21.9 Å².